The van der Waals surface area contributed by atoms with Crippen molar-refractivity contribution in [3.63, 3.8) is 0 Å². The molecular weight excluding hydrogens is 444 g/mol. The number of nitrogens with one attached hydrogen (secondary N) is 1. The molecule has 0 bridgehead atoms. The van der Waals surface area contributed by atoms with Crippen LogP contribution in [0.1, 0.15) is 29.7 Å². The molecule has 8 nitrogen and oxygen atoms in total. The van der Waals surface area contributed by atoms with Crippen molar-refractivity contribution < 1.29 is 9.53 Å². The second-order valence-corrected chi connectivity index (χ2v) is 9.25. The Hall–Kier alpha value is -2.98. The van der Waals surface area contributed by atoms with Crippen molar-refractivity contribution in [1.29, 1.82) is 0 Å². The molecule has 0 saturated carbocycles. The fourth-order valence-corrected chi connectivity index (χ4v) is 4.79. The molecule has 4 rings (SSSR count). The number of thioether (sulfide) groups is 1. The van der Waals surface area contributed by atoms with E-state index in [4.69, 9.17) is 4.74 Å². The summed E-state index contributed by atoms with van der Waals surface area (Å²) in [4.78, 5) is 12.3. The van der Waals surface area contributed by atoms with Crippen LogP contribution in [0.4, 0.5) is 5.13 Å². The molecule has 0 aliphatic carbocycles. The van der Waals surface area contributed by atoms with Gasteiger partial charge < -0.3 is 9.30 Å². The van der Waals surface area contributed by atoms with Crippen LogP contribution in [0, 0.1) is 6.92 Å². The van der Waals surface area contributed by atoms with Crippen molar-refractivity contribution in [3.8, 4) is 5.75 Å². The Balaban J connectivity index is 1.33. The number of anilines is 1. The van der Waals surface area contributed by atoms with Crippen LogP contribution in [0.2, 0.25) is 0 Å². The molecule has 0 atom stereocenters. The largest absolute Gasteiger partial charge is 0.485 e. The van der Waals surface area contributed by atoms with Crippen molar-refractivity contribution in [2.45, 2.75) is 38.5 Å². The maximum absolute atomic E-state index is 12.3. The summed E-state index contributed by atoms with van der Waals surface area (Å²) in [6, 6.07) is 12.3. The summed E-state index contributed by atoms with van der Waals surface area (Å²) in [7, 11) is 1.87. The number of hydrogen-bond donors (Lipinski definition) is 1. The normalized spacial score (nSPS) is 11.1. The summed E-state index contributed by atoms with van der Waals surface area (Å²) in [5.41, 5.74) is 1.09. The number of ether oxygens (including phenoxy) is 1. The molecule has 2 heterocycles. The molecule has 0 aliphatic rings. The van der Waals surface area contributed by atoms with Gasteiger partial charge in [-0.1, -0.05) is 60.4 Å². The van der Waals surface area contributed by atoms with Gasteiger partial charge in [0.2, 0.25) is 11.0 Å². The van der Waals surface area contributed by atoms with Gasteiger partial charge >= 0.3 is 0 Å². The summed E-state index contributed by atoms with van der Waals surface area (Å²) < 4.78 is 7.87. The van der Waals surface area contributed by atoms with Crippen LogP contribution >= 0.6 is 23.1 Å². The maximum Gasteiger partial charge on any atom is 0.236 e. The minimum atomic E-state index is -0.151. The zero-order chi connectivity index (χ0) is 22.5. The van der Waals surface area contributed by atoms with Gasteiger partial charge in [-0.2, -0.15) is 0 Å². The van der Waals surface area contributed by atoms with Gasteiger partial charge in [0, 0.05) is 13.5 Å². The number of carbonyl (C=O) groups excluding carboxylic acids is 1. The Morgan fingerprint density at radius 2 is 2.00 bits per heavy atom. The minimum absolute atomic E-state index is 0.151. The highest BCUT2D eigenvalue weighted by molar-refractivity contribution is 7.99. The van der Waals surface area contributed by atoms with Gasteiger partial charge in [0.1, 0.15) is 17.4 Å². The molecule has 0 unspecified atom stereocenters. The molecular formula is C22H24N6O2S2. The highest BCUT2D eigenvalue weighted by atomic mass is 32.2. The number of carbonyl (C=O) groups is 1. The van der Waals surface area contributed by atoms with Gasteiger partial charge in [0.05, 0.1) is 5.75 Å². The summed E-state index contributed by atoms with van der Waals surface area (Å²) >= 11 is 2.72. The van der Waals surface area contributed by atoms with Crippen molar-refractivity contribution in [2.75, 3.05) is 11.1 Å². The van der Waals surface area contributed by atoms with E-state index < -0.39 is 0 Å². The Kier molecular flexibility index (Phi) is 7.01. The molecule has 166 valence electrons. The Labute approximate surface area is 194 Å². The molecule has 1 N–H and O–H groups in total. The van der Waals surface area contributed by atoms with Crippen LogP contribution in [-0.4, -0.2) is 36.6 Å². The SMILES string of the molecule is CCCc1nnc(NC(=O)CSc2nnc(COc3ccc4ccccc4c3C)n2C)s1. The van der Waals surface area contributed by atoms with E-state index in [1.54, 1.807) is 0 Å². The minimum Gasteiger partial charge on any atom is -0.485 e. The van der Waals surface area contributed by atoms with Crippen LogP contribution in [0.5, 0.6) is 5.75 Å². The first-order valence-corrected chi connectivity index (χ1v) is 12.1. The summed E-state index contributed by atoms with van der Waals surface area (Å²) in [5.74, 6) is 1.56. The number of benzene rings is 2. The fraction of sp³-hybridized carbons (Fsp3) is 0.318. The first-order chi connectivity index (χ1) is 15.5. The van der Waals surface area contributed by atoms with E-state index in [2.05, 4.69) is 57.8 Å². The van der Waals surface area contributed by atoms with Crippen molar-refractivity contribution in [3.05, 3.63) is 52.8 Å². The molecule has 2 aromatic carbocycles. The molecule has 32 heavy (non-hydrogen) atoms. The van der Waals surface area contributed by atoms with Crippen molar-refractivity contribution in [2.24, 2.45) is 7.05 Å². The number of amides is 1. The van der Waals surface area contributed by atoms with E-state index in [9.17, 15) is 4.79 Å². The third kappa shape index (κ3) is 5.08. The van der Waals surface area contributed by atoms with E-state index in [0.717, 1.165) is 29.2 Å². The van der Waals surface area contributed by atoms with Gasteiger partial charge in [0.25, 0.3) is 0 Å². The molecule has 2 aromatic heterocycles. The molecule has 0 spiro atoms. The highest BCUT2D eigenvalue weighted by Crippen LogP contribution is 2.28. The average Bonchev–Trinajstić information content (AvgIpc) is 3.38. The van der Waals surface area contributed by atoms with Crippen molar-refractivity contribution in [1.82, 2.24) is 25.0 Å². The highest BCUT2D eigenvalue weighted by Gasteiger charge is 2.14. The lowest BCUT2D eigenvalue weighted by Gasteiger charge is -2.11. The number of aromatic nitrogens is 5. The van der Waals surface area contributed by atoms with E-state index in [0.29, 0.717) is 22.7 Å². The molecule has 0 saturated heterocycles. The lowest BCUT2D eigenvalue weighted by Crippen LogP contribution is -2.14. The number of fused-ring (bicyclic) bond motifs is 1. The smallest absolute Gasteiger partial charge is 0.236 e. The second kappa shape index (κ2) is 10.1. The first-order valence-electron chi connectivity index (χ1n) is 10.3. The van der Waals surface area contributed by atoms with Gasteiger partial charge in [-0.05, 0) is 35.7 Å². The third-order valence-electron chi connectivity index (χ3n) is 4.94. The van der Waals surface area contributed by atoms with E-state index in [-0.39, 0.29) is 11.7 Å². The molecule has 4 aromatic rings. The van der Waals surface area contributed by atoms with Gasteiger partial charge in [-0.15, -0.1) is 20.4 Å². The maximum atomic E-state index is 12.3. The van der Waals surface area contributed by atoms with Crippen molar-refractivity contribution >= 4 is 44.9 Å². The van der Waals surface area contributed by atoms with Crippen LogP contribution in [-0.2, 0) is 24.9 Å². The van der Waals surface area contributed by atoms with Crippen LogP contribution in [0.25, 0.3) is 10.8 Å². The van der Waals surface area contributed by atoms with Gasteiger partial charge in [-0.3, -0.25) is 10.1 Å². The Morgan fingerprint density at radius 3 is 2.84 bits per heavy atom. The quantitative estimate of drug-likeness (QED) is 0.364. The van der Waals surface area contributed by atoms with Crippen LogP contribution in [0.15, 0.2) is 41.6 Å². The van der Waals surface area contributed by atoms with E-state index in [1.165, 1.54) is 33.9 Å². The number of aryl methyl sites for hydroxylation is 2. The summed E-state index contributed by atoms with van der Waals surface area (Å²) in [6.07, 6.45) is 1.86. The summed E-state index contributed by atoms with van der Waals surface area (Å²) in [6.45, 7) is 4.43. The Bertz CT molecular complexity index is 1240. The summed E-state index contributed by atoms with van der Waals surface area (Å²) in [5, 5.41) is 23.7. The molecule has 0 radical (unpaired) electrons. The van der Waals surface area contributed by atoms with E-state index in [1.807, 2.05) is 29.8 Å². The number of rotatable bonds is 9. The second-order valence-electron chi connectivity index (χ2n) is 7.24. The number of hydrogen-bond acceptors (Lipinski definition) is 8. The molecule has 0 aliphatic heterocycles. The lowest BCUT2D eigenvalue weighted by atomic mass is 10.0. The average molecular weight is 469 g/mol. The zero-order valence-corrected chi connectivity index (χ0v) is 19.8. The third-order valence-corrected chi connectivity index (χ3v) is 6.86. The first kappa shape index (κ1) is 22.2. The van der Waals surface area contributed by atoms with Crippen LogP contribution in [0.3, 0.4) is 0 Å². The van der Waals surface area contributed by atoms with E-state index >= 15 is 0 Å². The van der Waals surface area contributed by atoms with Crippen LogP contribution < -0.4 is 10.1 Å². The fourth-order valence-electron chi connectivity index (χ4n) is 3.21. The lowest BCUT2D eigenvalue weighted by molar-refractivity contribution is -0.113. The predicted octanol–water partition coefficient (Wildman–Crippen LogP) is 4.39. The molecule has 10 heteroatoms. The van der Waals surface area contributed by atoms with Gasteiger partial charge in [0.15, 0.2) is 11.0 Å². The molecule has 0 fully saturated rings. The monoisotopic (exact) mass is 468 g/mol. The molecule has 1 amide bonds. The Morgan fingerprint density at radius 1 is 1.16 bits per heavy atom. The predicted molar refractivity (Wildman–Crippen MR) is 127 cm³/mol. The standard InChI is InChI=1S/C22H24N6O2S2/c1-4-7-20-25-26-21(32-20)23-19(29)13-31-22-27-24-18(28(22)3)12-30-17-11-10-15-8-5-6-9-16(15)14(17)2/h5-6,8-11H,4,7,12-13H2,1-3H3,(H,23,26,29). The van der Waals surface area contributed by atoms with Gasteiger partial charge in [-0.25, -0.2) is 0 Å². The number of nitrogens with zero attached hydrogens (tertiary/aromatic N) is 5. The topological polar surface area (TPSA) is 94.8 Å². The zero-order valence-electron chi connectivity index (χ0n) is 18.2.